The standard InChI is InChI=1S/C23H25N3O5S/c1-14-17-20(27)26(23(2,3)22(28)29)13-25(11-9-15-7-5-6-8-16(15)30-4)21(17)32-18(14)19-24-10-12-31-19/h5-8,10,12H,9,11,13H2,1-4H3,(H,28,29). The van der Waals surface area contributed by atoms with Crippen LogP contribution in [0, 0.1) is 6.92 Å². The third-order valence-corrected chi connectivity index (χ3v) is 7.20. The van der Waals surface area contributed by atoms with Crippen LogP contribution in [0.2, 0.25) is 0 Å². The van der Waals surface area contributed by atoms with E-state index in [0.717, 1.165) is 26.8 Å². The van der Waals surface area contributed by atoms with Gasteiger partial charge in [0, 0.05) is 6.54 Å². The smallest absolute Gasteiger partial charge is 0.329 e. The number of methoxy groups -OCH3 is 1. The molecule has 2 aromatic heterocycles. The SMILES string of the molecule is COc1ccccc1CCN1CN(C(C)(C)C(=O)O)C(=O)c2c1sc(-c1ncco1)c2C. The van der Waals surface area contributed by atoms with Crippen LogP contribution in [0.1, 0.15) is 35.3 Å². The first-order chi connectivity index (χ1) is 15.3. The number of para-hydroxylation sites is 1. The van der Waals surface area contributed by atoms with Crippen LogP contribution in [0.4, 0.5) is 5.00 Å². The van der Waals surface area contributed by atoms with E-state index in [2.05, 4.69) is 9.88 Å². The number of carboxylic acid groups (broad SMARTS) is 1. The lowest BCUT2D eigenvalue weighted by molar-refractivity contribution is -0.147. The summed E-state index contributed by atoms with van der Waals surface area (Å²) in [5, 5.41) is 10.6. The van der Waals surface area contributed by atoms with Gasteiger partial charge in [-0.05, 0) is 44.4 Å². The van der Waals surface area contributed by atoms with Crippen LogP contribution in [0.3, 0.4) is 0 Å². The van der Waals surface area contributed by atoms with Crippen molar-refractivity contribution in [1.29, 1.82) is 0 Å². The average Bonchev–Trinajstić information content (AvgIpc) is 3.41. The lowest BCUT2D eigenvalue weighted by atomic mass is 9.99. The van der Waals surface area contributed by atoms with Gasteiger partial charge in [0.2, 0.25) is 5.89 Å². The Morgan fingerprint density at radius 3 is 2.75 bits per heavy atom. The number of nitrogens with zero attached hydrogens (tertiary/aromatic N) is 3. The molecule has 0 spiro atoms. The highest BCUT2D eigenvalue weighted by molar-refractivity contribution is 7.20. The highest BCUT2D eigenvalue weighted by atomic mass is 32.1. The molecule has 0 saturated heterocycles. The highest BCUT2D eigenvalue weighted by Gasteiger charge is 2.44. The second-order valence-electron chi connectivity index (χ2n) is 8.14. The van der Waals surface area contributed by atoms with Gasteiger partial charge in [0.15, 0.2) is 0 Å². The molecule has 1 N–H and O–H groups in total. The Balaban J connectivity index is 1.75. The first kappa shape index (κ1) is 21.9. The number of oxazole rings is 1. The Bertz CT molecular complexity index is 1150. The van der Waals surface area contributed by atoms with Crippen LogP contribution in [0.25, 0.3) is 10.8 Å². The molecule has 3 aromatic rings. The molecule has 3 heterocycles. The van der Waals surface area contributed by atoms with E-state index < -0.39 is 11.5 Å². The number of anilines is 1. The van der Waals surface area contributed by atoms with Crippen LogP contribution in [0.15, 0.2) is 41.1 Å². The zero-order chi connectivity index (χ0) is 23.0. The van der Waals surface area contributed by atoms with Crippen molar-refractivity contribution in [1.82, 2.24) is 9.88 Å². The van der Waals surface area contributed by atoms with E-state index in [-0.39, 0.29) is 12.6 Å². The fraction of sp³-hybridized carbons (Fsp3) is 0.348. The maximum absolute atomic E-state index is 13.5. The number of fused-ring (bicyclic) bond motifs is 1. The second kappa shape index (κ2) is 8.31. The number of thiophene rings is 1. The molecular weight excluding hydrogens is 430 g/mol. The minimum absolute atomic E-state index is 0.172. The van der Waals surface area contributed by atoms with Crippen LogP contribution in [0.5, 0.6) is 5.75 Å². The molecule has 0 unspecified atom stereocenters. The quantitative estimate of drug-likeness (QED) is 0.574. The molecule has 0 saturated carbocycles. The molecule has 9 heteroatoms. The number of benzene rings is 1. The summed E-state index contributed by atoms with van der Waals surface area (Å²) in [6.45, 7) is 5.70. The third kappa shape index (κ3) is 3.62. The Hall–Kier alpha value is -3.33. The Morgan fingerprint density at radius 2 is 2.09 bits per heavy atom. The molecule has 0 radical (unpaired) electrons. The molecule has 1 aliphatic heterocycles. The maximum Gasteiger partial charge on any atom is 0.329 e. The average molecular weight is 456 g/mol. The normalized spacial score (nSPS) is 13.9. The van der Waals surface area contributed by atoms with Crippen molar-refractivity contribution in [2.24, 2.45) is 0 Å². The highest BCUT2D eigenvalue weighted by Crippen LogP contribution is 2.45. The first-order valence-corrected chi connectivity index (χ1v) is 11.0. The van der Waals surface area contributed by atoms with E-state index in [1.165, 1.54) is 22.5 Å². The van der Waals surface area contributed by atoms with Crippen LogP contribution >= 0.6 is 11.3 Å². The number of hydrogen-bond acceptors (Lipinski definition) is 7. The number of rotatable bonds is 7. The van der Waals surface area contributed by atoms with Crippen LogP contribution in [-0.4, -0.2) is 52.7 Å². The molecule has 0 fully saturated rings. The minimum Gasteiger partial charge on any atom is -0.496 e. The van der Waals surface area contributed by atoms with Crippen molar-refractivity contribution in [2.75, 3.05) is 25.2 Å². The molecular formula is C23H25N3O5S. The minimum atomic E-state index is -1.37. The third-order valence-electron chi connectivity index (χ3n) is 5.85. The summed E-state index contributed by atoms with van der Waals surface area (Å²) in [4.78, 5) is 33.9. The van der Waals surface area contributed by atoms with Crippen LogP contribution in [-0.2, 0) is 11.2 Å². The van der Waals surface area contributed by atoms with E-state index in [1.54, 1.807) is 27.2 Å². The fourth-order valence-electron chi connectivity index (χ4n) is 3.83. The van der Waals surface area contributed by atoms with E-state index in [1.807, 2.05) is 31.2 Å². The monoisotopic (exact) mass is 455 g/mol. The first-order valence-electron chi connectivity index (χ1n) is 10.2. The molecule has 0 bridgehead atoms. The summed E-state index contributed by atoms with van der Waals surface area (Å²) in [6, 6.07) is 7.79. The van der Waals surface area contributed by atoms with Gasteiger partial charge in [0.1, 0.15) is 22.6 Å². The summed E-state index contributed by atoms with van der Waals surface area (Å²) < 4.78 is 11.0. The van der Waals surface area contributed by atoms with Crippen molar-refractivity contribution in [3.63, 3.8) is 0 Å². The summed E-state index contributed by atoms with van der Waals surface area (Å²) in [6.07, 6.45) is 3.73. The van der Waals surface area contributed by atoms with Gasteiger partial charge in [-0.15, -0.1) is 11.3 Å². The van der Waals surface area contributed by atoms with Crippen molar-refractivity contribution in [2.45, 2.75) is 32.7 Å². The number of aromatic nitrogens is 1. The predicted molar refractivity (Wildman–Crippen MR) is 121 cm³/mol. The van der Waals surface area contributed by atoms with Gasteiger partial charge in [-0.2, -0.15) is 0 Å². The number of aliphatic carboxylic acids is 1. The summed E-state index contributed by atoms with van der Waals surface area (Å²) in [7, 11) is 1.64. The van der Waals surface area contributed by atoms with E-state index in [0.29, 0.717) is 24.4 Å². The number of amides is 1. The maximum atomic E-state index is 13.5. The number of hydrogen-bond donors (Lipinski definition) is 1. The Morgan fingerprint density at radius 1 is 1.34 bits per heavy atom. The van der Waals surface area contributed by atoms with Gasteiger partial charge < -0.3 is 24.1 Å². The van der Waals surface area contributed by atoms with E-state index in [9.17, 15) is 14.7 Å². The number of ether oxygens (including phenoxy) is 1. The molecule has 168 valence electrons. The Kier molecular flexibility index (Phi) is 5.68. The van der Waals surface area contributed by atoms with Crippen molar-refractivity contribution >= 4 is 28.2 Å². The lowest BCUT2D eigenvalue weighted by Gasteiger charge is -2.43. The van der Waals surface area contributed by atoms with Gasteiger partial charge >= 0.3 is 5.97 Å². The Labute approximate surface area is 190 Å². The fourth-order valence-corrected chi connectivity index (χ4v) is 5.09. The molecule has 4 rings (SSSR count). The largest absolute Gasteiger partial charge is 0.496 e. The molecule has 0 aliphatic carbocycles. The molecule has 32 heavy (non-hydrogen) atoms. The topological polar surface area (TPSA) is 96.1 Å². The van der Waals surface area contributed by atoms with Gasteiger partial charge in [-0.3, -0.25) is 4.79 Å². The number of carboxylic acids is 1. The molecule has 1 aliphatic rings. The van der Waals surface area contributed by atoms with E-state index >= 15 is 0 Å². The molecule has 1 aromatic carbocycles. The van der Waals surface area contributed by atoms with Gasteiger partial charge in [0.25, 0.3) is 5.91 Å². The summed E-state index contributed by atoms with van der Waals surface area (Å²) >= 11 is 1.44. The molecule has 1 amide bonds. The molecule has 8 nitrogen and oxygen atoms in total. The summed E-state index contributed by atoms with van der Waals surface area (Å²) in [5.41, 5.74) is 0.919. The molecule has 0 atom stereocenters. The van der Waals surface area contributed by atoms with Crippen molar-refractivity contribution in [3.8, 4) is 16.5 Å². The van der Waals surface area contributed by atoms with Crippen molar-refractivity contribution < 1.29 is 23.8 Å². The predicted octanol–water partition coefficient (Wildman–Crippen LogP) is 4.05. The second-order valence-corrected chi connectivity index (χ2v) is 9.14. The van der Waals surface area contributed by atoms with Crippen molar-refractivity contribution in [3.05, 3.63) is 53.4 Å². The van der Waals surface area contributed by atoms with Gasteiger partial charge in [-0.1, -0.05) is 18.2 Å². The van der Waals surface area contributed by atoms with Gasteiger partial charge in [0.05, 0.1) is 30.4 Å². The zero-order valence-corrected chi connectivity index (χ0v) is 19.2. The lowest BCUT2D eigenvalue weighted by Crippen LogP contribution is -2.59. The van der Waals surface area contributed by atoms with Crippen LogP contribution < -0.4 is 9.64 Å². The zero-order valence-electron chi connectivity index (χ0n) is 18.4. The summed E-state index contributed by atoms with van der Waals surface area (Å²) in [5.74, 6) is -0.109. The van der Waals surface area contributed by atoms with E-state index in [4.69, 9.17) is 9.15 Å². The number of carbonyl (C=O) groups excluding carboxylic acids is 1. The van der Waals surface area contributed by atoms with Gasteiger partial charge in [-0.25, -0.2) is 9.78 Å². The number of carbonyl (C=O) groups is 2.